The number of hydrogen-bond acceptors (Lipinski definition) is 1. The molecule has 2 rings (SSSR count). The molecule has 0 spiro atoms. The Morgan fingerprint density at radius 2 is 2.13 bits per heavy atom. The van der Waals surface area contributed by atoms with Gasteiger partial charge < -0.3 is 4.74 Å². The van der Waals surface area contributed by atoms with E-state index in [2.05, 4.69) is 47.1 Å². The van der Waals surface area contributed by atoms with Crippen molar-refractivity contribution in [3.63, 3.8) is 0 Å². The molecule has 1 nitrogen and oxygen atoms in total. The highest BCUT2D eigenvalue weighted by Gasteiger charge is 2.22. The largest absolute Gasteiger partial charge is 0.377 e. The average molecular weight is 269 g/mol. The maximum Gasteiger partial charge on any atom is 0.0672 e. The smallest absolute Gasteiger partial charge is 0.0672 e. The van der Waals surface area contributed by atoms with Crippen LogP contribution in [0.2, 0.25) is 0 Å². The summed E-state index contributed by atoms with van der Waals surface area (Å²) in [5.41, 5.74) is 2.86. The second-order valence-corrected chi connectivity index (χ2v) is 4.89. The number of ether oxygens (including phenoxy) is 1. The minimum absolute atomic E-state index is 0.422. The summed E-state index contributed by atoms with van der Waals surface area (Å²) >= 11 is 3.48. The highest BCUT2D eigenvalue weighted by molar-refractivity contribution is 9.09. The fraction of sp³-hybridized carbons (Fsp3) is 0.538. The molecule has 1 aromatic rings. The van der Waals surface area contributed by atoms with E-state index in [1.54, 1.807) is 0 Å². The van der Waals surface area contributed by atoms with Crippen molar-refractivity contribution >= 4 is 15.9 Å². The van der Waals surface area contributed by atoms with Crippen LogP contribution in [0.25, 0.3) is 0 Å². The van der Waals surface area contributed by atoms with E-state index in [0.717, 1.165) is 11.9 Å². The summed E-state index contributed by atoms with van der Waals surface area (Å²) < 4.78 is 5.80. The molecular weight excluding hydrogens is 252 g/mol. The minimum atomic E-state index is 0.422. The first kappa shape index (κ1) is 11.2. The van der Waals surface area contributed by atoms with Crippen molar-refractivity contribution in [2.75, 3.05) is 11.9 Å². The third-order valence-electron chi connectivity index (χ3n) is 3.17. The predicted octanol–water partition coefficient (Wildman–Crippen LogP) is 3.65. The Labute approximate surface area is 100.0 Å². The van der Waals surface area contributed by atoms with Crippen molar-refractivity contribution in [1.82, 2.24) is 0 Å². The molecule has 0 radical (unpaired) electrons. The van der Waals surface area contributed by atoms with Gasteiger partial charge in [0, 0.05) is 11.2 Å². The van der Waals surface area contributed by atoms with Gasteiger partial charge in [0.05, 0.1) is 12.7 Å². The zero-order valence-corrected chi connectivity index (χ0v) is 10.7. The molecule has 1 aliphatic rings. The summed E-state index contributed by atoms with van der Waals surface area (Å²) in [4.78, 5) is 0. The lowest BCUT2D eigenvalue weighted by atomic mass is 9.89. The third kappa shape index (κ3) is 2.61. The van der Waals surface area contributed by atoms with Crippen LogP contribution < -0.4 is 0 Å². The van der Waals surface area contributed by atoms with Crippen molar-refractivity contribution in [3.05, 3.63) is 35.4 Å². The van der Waals surface area contributed by atoms with Crippen LogP contribution in [0.1, 0.15) is 29.9 Å². The normalized spacial score (nSPS) is 26.5. The maximum atomic E-state index is 5.80. The van der Waals surface area contributed by atoms with E-state index in [1.807, 2.05) is 0 Å². The Morgan fingerprint density at radius 3 is 2.73 bits per heavy atom. The van der Waals surface area contributed by atoms with E-state index in [1.165, 1.54) is 24.0 Å². The minimum Gasteiger partial charge on any atom is -0.377 e. The van der Waals surface area contributed by atoms with E-state index >= 15 is 0 Å². The molecule has 82 valence electrons. The molecule has 1 aliphatic heterocycles. The number of alkyl halides is 1. The molecule has 1 fully saturated rings. The fourth-order valence-electron chi connectivity index (χ4n) is 2.22. The lowest BCUT2D eigenvalue weighted by Gasteiger charge is -2.29. The quantitative estimate of drug-likeness (QED) is 0.744. The monoisotopic (exact) mass is 268 g/mol. The Hall–Kier alpha value is -0.340. The van der Waals surface area contributed by atoms with E-state index in [9.17, 15) is 0 Å². The maximum absolute atomic E-state index is 5.80. The van der Waals surface area contributed by atoms with Crippen molar-refractivity contribution in [2.24, 2.45) is 0 Å². The van der Waals surface area contributed by atoms with Gasteiger partial charge in [-0.2, -0.15) is 0 Å². The van der Waals surface area contributed by atoms with E-state index < -0.39 is 0 Å². The third-order valence-corrected chi connectivity index (χ3v) is 3.89. The van der Waals surface area contributed by atoms with E-state index in [0.29, 0.717) is 12.0 Å². The van der Waals surface area contributed by atoms with Crippen molar-refractivity contribution in [1.29, 1.82) is 0 Å². The second-order valence-electron chi connectivity index (χ2n) is 4.24. The summed E-state index contributed by atoms with van der Waals surface area (Å²) in [5.74, 6) is 0.599. The van der Waals surface area contributed by atoms with Crippen molar-refractivity contribution in [3.8, 4) is 0 Å². The fourth-order valence-corrected chi connectivity index (χ4v) is 2.73. The predicted molar refractivity (Wildman–Crippen MR) is 66.7 cm³/mol. The molecule has 0 aliphatic carbocycles. The topological polar surface area (TPSA) is 9.23 Å². The summed E-state index contributed by atoms with van der Waals surface area (Å²) in [6.07, 6.45) is 2.84. The number of benzene rings is 1. The summed E-state index contributed by atoms with van der Waals surface area (Å²) in [5, 5.41) is 0.966. The standard InChI is InChI=1S/C13H17BrO/c1-10-4-2-3-5-13(10)11-6-7-12(8-14)15-9-11/h2-5,11-12H,6-9H2,1H3. The molecule has 0 bridgehead atoms. The van der Waals surface area contributed by atoms with Crippen LogP contribution in [0, 0.1) is 6.92 Å². The van der Waals surface area contributed by atoms with Gasteiger partial charge in [-0.1, -0.05) is 40.2 Å². The van der Waals surface area contributed by atoms with Crippen LogP contribution >= 0.6 is 15.9 Å². The SMILES string of the molecule is Cc1ccccc1C1CCC(CBr)OC1. The first-order chi connectivity index (χ1) is 7.31. The summed E-state index contributed by atoms with van der Waals surface area (Å²) in [6, 6.07) is 8.65. The highest BCUT2D eigenvalue weighted by atomic mass is 79.9. The summed E-state index contributed by atoms with van der Waals surface area (Å²) in [6.45, 7) is 3.06. The van der Waals surface area contributed by atoms with Crippen LogP contribution in [0.15, 0.2) is 24.3 Å². The average Bonchev–Trinajstić information content (AvgIpc) is 2.30. The van der Waals surface area contributed by atoms with Crippen LogP contribution in [0.5, 0.6) is 0 Å². The number of aryl methyl sites for hydroxylation is 1. The van der Waals surface area contributed by atoms with Gasteiger partial charge in [0.25, 0.3) is 0 Å². The number of hydrogen-bond donors (Lipinski definition) is 0. The number of rotatable bonds is 2. The molecule has 0 N–H and O–H groups in total. The van der Waals surface area contributed by atoms with Gasteiger partial charge in [-0.05, 0) is 30.9 Å². The van der Waals surface area contributed by atoms with Crippen molar-refractivity contribution < 1.29 is 4.74 Å². The Bertz CT molecular complexity index is 316. The molecule has 2 unspecified atom stereocenters. The first-order valence-electron chi connectivity index (χ1n) is 5.54. The van der Waals surface area contributed by atoms with Crippen LogP contribution in [-0.2, 0) is 4.74 Å². The van der Waals surface area contributed by atoms with Gasteiger partial charge >= 0.3 is 0 Å². The first-order valence-corrected chi connectivity index (χ1v) is 6.66. The number of halogens is 1. The highest BCUT2D eigenvalue weighted by Crippen LogP contribution is 2.30. The van der Waals surface area contributed by atoms with Crippen molar-refractivity contribution in [2.45, 2.75) is 31.8 Å². The molecule has 1 aromatic carbocycles. The van der Waals surface area contributed by atoms with Gasteiger partial charge in [-0.15, -0.1) is 0 Å². The van der Waals surface area contributed by atoms with E-state index in [4.69, 9.17) is 4.74 Å². The van der Waals surface area contributed by atoms with Gasteiger partial charge in [-0.25, -0.2) is 0 Å². The van der Waals surface area contributed by atoms with Gasteiger partial charge in [-0.3, -0.25) is 0 Å². The zero-order valence-electron chi connectivity index (χ0n) is 9.08. The molecular formula is C13H17BrO. The van der Waals surface area contributed by atoms with Crippen LogP contribution in [0.3, 0.4) is 0 Å². The van der Waals surface area contributed by atoms with Gasteiger partial charge in [0.1, 0.15) is 0 Å². The Morgan fingerprint density at radius 1 is 1.33 bits per heavy atom. The van der Waals surface area contributed by atoms with Crippen LogP contribution in [-0.4, -0.2) is 18.0 Å². The molecule has 1 heterocycles. The molecule has 0 amide bonds. The Balaban J connectivity index is 2.04. The second kappa shape index (κ2) is 5.13. The van der Waals surface area contributed by atoms with Crippen LogP contribution in [0.4, 0.5) is 0 Å². The Kier molecular flexibility index (Phi) is 3.81. The molecule has 15 heavy (non-hydrogen) atoms. The molecule has 2 atom stereocenters. The molecule has 0 aromatic heterocycles. The van der Waals surface area contributed by atoms with E-state index in [-0.39, 0.29) is 0 Å². The van der Waals surface area contributed by atoms with Gasteiger partial charge in [0.15, 0.2) is 0 Å². The lowest BCUT2D eigenvalue weighted by molar-refractivity contribution is 0.0189. The lowest BCUT2D eigenvalue weighted by Crippen LogP contribution is -2.26. The summed E-state index contributed by atoms with van der Waals surface area (Å²) in [7, 11) is 0. The molecule has 2 heteroatoms. The zero-order chi connectivity index (χ0) is 10.7. The van der Waals surface area contributed by atoms with Gasteiger partial charge in [0.2, 0.25) is 0 Å². The molecule has 1 saturated heterocycles. The molecule has 0 saturated carbocycles.